The van der Waals surface area contributed by atoms with E-state index in [9.17, 15) is 4.79 Å². The van der Waals surface area contributed by atoms with Crippen LogP contribution in [0.25, 0.3) is 0 Å². The van der Waals surface area contributed by atoms with Crippen LogP contribution in [0.2, 0.25) is 5.15 Å². The standard InChI is InChI=1S/C15H16ClN3O2.2ClH/c16-14-4-3-12(10-17-14)11-18-5-7-19(8-6-18)15(20)13-2-1-9-21-13;;/h1-4,9-10H,5-8,11H2;2*1H. The van der Waals surface area contributed by atoms with Gasteiger partial charge in [-0.25, -0.2) is 4.98 Å². The maximum atomic E-state index is 12.2. The van der Waals surface area contributed by atoms with Crippen molar-refractivity contribution in [2.24, 2.45) is 0 Å². The first-order chi connectivity index (χ1) is 10.2. The van der Waals surface area contributed by atoms with Gasteiger partial charge in [-0.2, -0.15) is 0 Å². The van der Waals surface area contributed by atoms with Crippen molar-refractivity contribution in [3.63, 3.8) is 0 Å². The summed E-state index contributed by atoms with van der Waals surface area (Å²) in [5, 5.41) is 0.507. The molecule has 23 heavy (non-hydrogen) atoms. The third-order valence-corrected chi connectivity index (χ3v) is 3.81. The van der Waals surface area contributed by atoms with Crippen molar-refractivity contribution in [2.45, 2.75) is 6.54 Å². The van der Waals surface area contributed by atoms with Crippen LogP contribution in [0.5, 0.6) is 0 Å². The number of carbonyl (C=O) groups is 1. The quantitative estimate of drug-likeness (QED) is 0.770. The van der Waals surface area contributed by atoms with Crippen LogP contribution < -0.4 is 0 Å². The average molecular weight is 379 g/mol. The molecule has 3 heterocycles. The van der Waals surface area contributed by atoms with Gasteiger partial charge in [0.05, 0.1) is 6.26 Å². The molecule has 1 fully saturated rings. The summed E-state index contributed by atoms with van der Waals surface area (Å²) in [5.74, 6) is 0.373. The fourth-order valence-corrected chi connectivity index (χ4v) is 2.54. The Kier molecular flexibility index (Phi) is 7.85. The number of nitrogens with zero attached hydrogens (tertiary/aromatic N) is 3. The fraction of sp³-hybridized carbons (Fsp3) is 0.333. The van der Waals surface area contributed by atoms with E-state index >= 15 is 0 Å². The topological polar surface area (TPSA) is 49.6 Å². The molecule has 2 aromatic rings. The number of halogens is 3. The molecule has 0 aromatic carbocycles. The van der Waals surface area contributed by atoms with E-state index in [4.69, 9.17) is 16.0 Å². The van der Waals surface area contributed by atoms with E-state index in [-0.39, 0.29) is 30.7 Å². The summed E-state index contributed by atoms with van der Waals surface area (Å²) in [5.41, 5.74) is 1.13. The molecule has 0 unspecified atom stereocenters. The zero-order valence-corrected chi connectivity index (χ0v) is 14.7. The molecule has 1 saturated heterocycles. The van der Waals surface area contributed by atoms with Crippen molar-refractivity contribution in [3.05, 3.63) is 53.2 Å². The van der Waals surface area contributed by atoms with Crippen molar-refractivity contribution in [3.8, 4) is 0 Å². The molecule has 0 aliphatic carbocycles. The number of pyridine rings is 1. The Morgan fingerprint density at radius 1 is 1.17 bits per heavy atom. The van der Waals surface area contributed by atoms with Crippen LogP contribution in [0.1, 0.15) is 16.1 Å². The second-order valence-corrected chi connectivity index (χ2v) is 5.42. The Morgan fingerprint density at radius 3 is 2.48 bits per heavy atom. The minimum absolute atomic E-state index is 0. The molecule has 1 aliphatic heterocycles. The molecular formula is C15H18Cl3N3O2. The highest BCUT2D eigenvalue weighted by atomic mass is 35.5. The van der Waals surface area contributed by atoms with Crippen LogP contribution >= 0.6 is 36.4 Å². The molecule has 8 heteroatoms. The van der Waals surface area contributed by atoms with E-state index < -0.39 is 0 Å². The predicted molar refractivity (Wildman–Crippen MR) is 93.6 cm³/mol. The summed E-state index contributed by atoms with van der Waals surface area (Å²) in [6, 6.07) is 7.22. The minimum atomic E-state index is -0.0344. The monoisotopic (exact) mass is 377 g/mol. The Balaban J connectivity index is 0.00000132. The summed E-state index contributed by atoms with van der Waals surface area (Å²) in [4.78, 5) is 20.4. The lowest BCUT2D eigenvalue weighted by atomic mass is 10.2. The average Bonchev–Trinajstić information content (AvgIpc) is 3.04. The fourth-order valence-electron chi connectivity index (χ4n) is 2.42. The van der Waals surface area contributed by atoms with Crippen molar-refractivity contribution in [2.75, 3.05) is 26.2 Å². The largest absolute Gasteiger partial charge is 0.459 e. The van der Waals surface area contributed by atoms with Gasteiger partial charge in [-0.05, 0) is 23.8 Å². The zero-order valence-electron chi connectivity index (χ0n) is 12.4. The van der Waals surface area contributed by atoms with Crippen LogP contribution in [0.15, 0.2) is 41.1 Å². The van der Waals surface area contributed by atoms with Crippen molar-refractivity contribution >= 4 is 42.3 Å². The number of aromatic nitrogens is 1. The maximum absolute atomic E-state index is 12.2. The molecule has 0 radical (unpaired) electrons. The number of carbonyl (C=O) groups excluding carboxylic acids is 1. The van der Waals surface area contributed by atoms with Gasteiger partial charge in [0.15, 0.2) is 5.76 Å². The van der Waals surface area contributed by atoms with Crippen molar-refractivity contribution in [1.82, 2.24) is 14.8 Å². The lowest BCUT2D eigenvalue weighted by molar-refractivity contribution is 0.0597. The van der Waals surface area contributed by atoms with Crippen LogP contribution in [0.3, 0.4) is 0 Å². The first kappa shape index (κ1) is 19.8. The van der Waals surface area contributed by atoms with Gasteiger partial charge in [-0.3, -0.25) is 9.69 Å². The summed E-state index contributed by atoms with van der Waals surface area (Å²) in [7, 11) is 0. The smallest absolute Gasteiger partial charge is 0.289 e. The first-order valence-electron chi connectivity index (χ1n) is 6.88. The summed E-state index contributed by atoms with van der Waals surface area (Å²) >= 11 is 5.78. The normalized spacial score (nSPS) is 14.7. The van der Waals surface area contributed by atoms with Crippen LogP contribution in [-0.2, 0) is 6.54 Å². The molecule has 2 aromatic heterocycles. The highest BCUT2D eigenvalue weighted by molar-refractivity contribution is 6.29. The number of hydrogen-bond acceptors (Lipinski definition) is 4. The van der Waals surface area contributed by atoms with E-state index in [0.717, 1.165) is 25.2 Å². The summed E-state index contributed by atoms with van der Waals surface area (Å²) in [6.45, 7) is 3.93. The highest BCUT2D eigenvalue weighted by Gasteiger charge is 2.23. The lowest BCUT2D eigenvalue weighted by Crippen LogP contribution is -2.48. The van der Waals surface area contributed by atoms with Crippen molar-refractivity contribution in [1.29, 1.82) is 0 Å². The first-order valence-corrected chi connectivity index (χ1v) is 7.26. The number of piperazine rings is 1. The summed E-state index contributed by atoms with van der Waals surface area (Å²) < 4.78 is 5.16. The number of furan rings is 1. The van der Waals surface area contributed by atoms with E-state index in [2.05, 4.69) is 9.88 Å². The molecular weight excluding hydrogens is 361 g/mol. The predicted octanol–water partition coefficient (Wildman–Crippen LogP) is 3.13. The molecule has 1 amide bonds. The van der Waals surface area contributed by atoms with Gasteiger partial charge >= 0.3 is 0 Å². The maximum Gasteiger partial charge on any atom is 0.289 e. The second-order valence-electron chi connectivity index (χ2n) is 5.03. The SMILES string of the molecule is Cl.Cl.O=C(c1ccco1)N1CCN(Cc2ccc(Cl)nc2)CC1. The molecule has 126 valence electrons. The Bertz CT molecular complexity index is 597. The number of rotatable bonds is 3. The Hall–Kier alpha value is -1.27. The molecule has 5 nitrogen and oxygen atoms in total. The third-order valence-electron chi connectivity index (χ3n) is 3.59. The van der Waals surface area contributed by atoms with Crippen LogP contribution in [0.4, 0.5) is 0 Å². The van der Waals surface area contributed by atoms with Gasteiger partial charge in [0.25, 0.3) is 5.91 Å². The van der Waals surface area contributed by atoms with Crippen LogP contribution in [-0.4, -0.2) is 46.9 Å². The molecule has 0 bridgehead atoms. The second kappa shape index (κ2) is 9.13. The highest BCUT2D eigenvalue weighted by Crippen LogP contribution is 2.12. The van der Waals surface area contributed by atoms with E-state index in [1.165, 1.54) is 6.26 Å². The van der Waals surface area contributed by atoms with Gasteiger partial charge in [-0.1, -0.05) is 17.7 Å². The van der Waals surface area contributed by atoms with Crippen molar-refractivity contribution < 1.29 is 9.21 Å². The molecule has 0 atom stereocenters. The molecule has 3 rings (SSSR count). The molecule has 0 spiro atoms. The lowest BCUT2D eigenvalue weighted by Gasteiger charge is -2.34. The number of amides is 1. The molecule has 0 saturated carbocycles. The Morgan fingerprint density at radius 2 is 1.91 bits per heavy atom. The van der Waals surface area contributed by atoms with Gasteiger partial charge in [0, 0.05) is 38.9 Å². The van der Waals surface area contributed by atoms with Gasteiger partial charge in [0.2, 0.25) is 0 Å². The third kappa shape index (κ3) is 5.11. The van der Waals surface area contributed by atoms with Gasteiger partial charge in [-0.15, -0.1) is 24.8 Å². The molecule has 1 aliphatic rings. The molecule has 0 N–H and O–H groups in total. The van der Waals surface area contributed by atoms with Crippen LogP contribution in [0, 0.1) is 0 Å². The number of hydrogen-bond donors (Lipinski definition) is 0. The van der Waals surface area contributed by atoms with Gasteiger partial charge < -0.3 is 9.32 Å². The van der Waals surface area contributed by atoms with E-state index in [1.807, 2.05) is 11.0 Å². The van der Waals surface area contributed by atoms with Gasteiger partial charge in [0.1, 0.15) is 5.15 Å². The Labute approximate surface area is 152 Å². The van der Waals surface area contributed by atoms with E-state index in [1.54, 1.807) is 24.4 Å². The van der Waals surface area contributed by atoms with E-state index in [0.29, 0.717) is 24.0 Å². The summed E-state index contributed by atoms with van der Waals surface area (Å²) in [6.07, 6.45) is 3.32. The zero-order chi connectivity index (χ0) is 14.7. The minimum Gasteiger partial charge on any atom is -0.459 e.